The molecule has 1 aromatic heterocycles. The van der Waals surface area contributed by atoms with Crippen LogP contribution in [0.1, 0.15) is 21.7 Å². The lowest BCUT2D eigenvalue weighted by atomic mass is 10.2. The molecule has 1 amide bonds. The Morgan fingerprint density at radius 3 is 2.38 bits per heavy atom. The maximum atomic E-state index is 11.7. The summed E-state index contributed by atoms with van der Waals surface area (Å²) < 4.78 is 2.05. The zero-order chi connectivity index (χ0) is 9.59. The third-order valence-electron chi connectivity index (χ3n) is 2.74. The minimum atomic E-state index is 0.182. The Morgan fingerprint density at radius 1 is 1.38 bits per heavy atom. The van der Waals surface area contributed by atoms with Gasteiger partial charge in [-0.25, -0.2) is 0 Å². The number of amides is 1. The molecule has 0 spiro atoms. The van der Waals surface area contributed by atoms with Crippen LogP contribution in [0, 0.1) is 13.8 Å². The van der Waals surface area contributed by atoms with Gasteiger partial charge in [-0.2, -0.15) is 0 Å². The SMILES string of the molecule is Cc1cc(C(=O)N2CC2)c(C)n1C. The second kappa shape index (κ2) is 2.62. The van der Waals surface area contributed by atoms with E-state index in [1.807, 2.05) is 31.9 Å². The number of hydrogen-bond donors (Lipinski definition) is 0. The van der Waals surface area contributed by atoms with Crippen molar-refractivity contribution in [2.45, 2.75) is 13.8 Å². The van der Waals surface area contributed by atoms with E-state index in [1.165, 1.54) is 0 Å². The average Bonchev–Trinajstić information content (AvgIpc) is 2.89. The zero-order valence-corrected chi connectivity index (χ0v) is 8.29. The minimum Gasteiger partial charge on any atom is -0.351 e. The van der Waals surface area contributed by atoms with Crippen molar-refractivity contribution < 1.29 is 4.79 Å². The lowest BCUT2D eigenvalue weighted by molar-refractivity contribution is 0.0885. The Kier molecular flexibility index (Phi) is 1.68. The van der Waals surface area contributed by atoms with E-state index in [0.717, 1.165) is 30.0 Å². The topological polar surface area (TPSA) is 25.0 Å². The molecule has 1 fully saturated rings. The third-order valence-corrected chi connectivity index (χ3v) is 2.74. The fourth-order valence-electron chi connectivity index (χ4n) is 1.50. The van der Waals surface area contributed by atoms with E-state index in [9.17, 15) is 4.79 Å². The van der Waals surface area contributed by atoms with Gasteiger partial charge >= 0.3 is 0 Å². The largest absolute Gasteiger partial charge is 0.351 e. The molecule has 1 aliphatic rings. The highest BCUT2D eigenvalue weighted by molar-refractivity contribution is 5.97. The van der Waals surface area contributed by atoms with Crippen molar-refractivity contribution in [2.24, 2.45) is 7.05 Å². The van der Waals surface area contributed by atoms with Crippen molar-refractivity contribution in [3.05, 3.63) is 23.0 Å². The van der Waals surface area contributed by atoms with E-state index in [1.54, 1.807) is 0 Å². The zero-order valence-electron chi connectivity index (χ0n) is 8.29. The Morgan fingerprint density at radius 2 is 2.00 bits per heavy atom. The summed E-state index contributed by atoms with van der Waals surface area (Å²) in [7, 11) is 1.99. The van der Waals surface area contributed by atoms with Gasteiger partial charge in [-0.15, -0.1) is 0 Å². The van der Waals surface area contributed by atoms with Gasteiger partial charge in [0.2, 0.25) is 0 Å². The van der Waals surface area contributed by atoms with Crippen molar-refractivity contribution in [3.63, 3.8) is 0 Å². The first kappa shape index (κ1) is 8.35. The average molecular weight is 178 g/mol. The number of carbonyl (C=O) groups is 1. The maximum Gasteiger partial charge on any atom is 0.255 e. The van der Waals surface area contributed by atoms with Gasteiger partial charge in [-0.05, 0) is 19.9 Å². The van der Waals surface area contributed by atoms with Gasteiger partial charge in [0, 0.05) is 31.5 Å². The van der Waals surface area contributed by atoms with Crippen LogP contribution in [0.25, 0.3) is 0 Å². The smallest absolute Gasteiger partial charge is 0.255 e. The summed E-state index contributed by atoms with van der Waals surface area (Å²) in [4.78, 5) is 13.6. The molecule has 0 N–H and O–H groups in total. The molecule has 0 saturated carbocycles. The molecule has 70 valence electrons. The van der Waals surface area contributed by atoms with E-state index in [4.69, 9.17) is 0 Å². The molecule has 0 aromatic carbocycles. The highest BCUT2D eigenvalue weighted by Crippen LogP contribution is 2.18. The third kappa shape index (κ3) is 1.24. The highest BCUT2D eigenvalue weighted by atomic mass is 16.2. The van der Waals surface area contributed by atoms with Crippen molar-refractivity contribution in [3.8, 4) is 0 Å². The predicted octanol–water partition coefficient (Wildman–Crippen LogP) is 1.10. The van der Waals surface area contributed by atoms with Gasteiger partial charge in [-0.3, -0.25) is 4.79 Å². The fraction of sp³-hybridized carbons (Fsp3) is 0.500. The Labute approximate surface area is 78.0 Å². The molecule has 0 bridgehead atoms. The van der Waals surface area contributed by atoms with Crippen LogP contribution < -0.4 is 0 Å². The molecule has 13 heavy (non-hydrogen) atoms. The molecule has 0 unspecified atom stereocenters. The maximum absolute atomic E-state index is 11.7. The van der Waals surface area contributed by atoms with E-state index < -0.39 is 0 Å². The van der Waals surface area contributed by atoms with Crippen LogP contribution in [0.15, 0.2) is 6.07 Å². The van der Waals surface area contributed by atoms with Crippen LogP contribution in [0.4, 0.5) is 0 Å². The summed E-state index contributed by atoms with van der Waals surface area (Å²) in [6.07, 6.45) is 0. The summed E-state index contributed by atoms with van der Waals surface area (Å²) in [5, 5.41) is 0. The van der Waals surface area contributed by atoms with Crippen LogP contribution in [0.5, 0.6) is 0 Å². The molecule has 1 aliphatic heterocycles. The van der Waals surface area contributed by atoms with Crippen LogP contribution in [-0.2, 0) is 7.05 Å². The number of carbonyl (C=O) groups excluding carboxylic acids is 1. The molecule has 2 rings (SSSR count). The standard InChI is InChI=1S/C10H14N2O/c1-7-6-9(8(2)11(7)3)10(13)12-4-5-12/h6H,4-5H2,1-3H3. The quantitative estimate of drug-likeness (QED) is 0.591. The number of nitrogens with zero attached hydrogens (tertiary/aromatic N) is 2. The Bertz CT molecular complexity index is 361. The lowest BCUT2D eigenvalue weighted by Gasteiger charge is -2.02. The Balaban J connectivity index is 2.39. The van der Waals surface area contributed by atoms with Crippen molar-refractivity contribution in [2.75, 3.05) is 13.1 Å². The summed E-state index contributed by atoms with van der Waals surface area (Å²) in [5.74, 6) is 0.182. The van der Waals surface area contributed by atoms with Gasteiger partial charge < -0.3 is 9.47 Å². The first-order chi connectivity index (χ1) is 6.11. The molecule has 1 saturated heterocycles. The molecule has 1 aromatic rings. The highest BCUT2D eigenvalue weighted by Gasteiger charge is 2.27. The molecule has 3 nitrogen and oxygen atoms in total. The van der Waals surface area contributed by atoms with E-state index >= 15 is 0 Å². The van der Waals surface area contributed by atoms with Gasteiger partial charge in [0.1, 0.15) is 0 Å². The molecule has 0 aliphatic carbocycles. The van der Waals surface area contributed by atoms with Gasteiger partial charge in [0.15, 0.2) is 0 Å². The number of aromatic nitrogens is 1. The second-order valence-corrected chi connectivity index (χ2v) is 3.64. The summed E-state index contributed by atoms with van der Waals surface area (Å²) in [6, 6.07) is 1.97. The molecule has 0 atom stereocenters. The van der Waals surface area contributed by atoms with Gasteiger partial charge in [0.25, 0.3) is 5.91 Å². The molecule has 3 heteroatoms. The van der Waals surface area contributed by atoms with Gasteiger partial charge in [-0.1, -0.05) is 0 Å². The molecular formula is C10H14N2O. The van der Waals surface area contributed by atoms with Crippen LogP contribution >= 0.6 is 0 Å². The first-order valence-electron chi connectivity index (χ1n) is 4.53. The summed E-state index contributed by atoms with van der Waals surface area (Å²) in [6.45, 7) is 5.86. The van der Waals surface area contributed by atoms with Gasteiger partial charge in [0.05, 0.1) is 5.56 Å². The van der Waals surface area contributed by atoms with E-state index in [0.29, 0.717) is 0 Å². The fourth-order valence-corrected chi connectivity index (χ4v) is 1.50. The van der Waals surface area contributed by atoms with Crippen molar-refractivity contribution in [1.29, 1.82) is 0 Å². The van der Waals surface area contributed by atoms with Crippen molar-refractivity contribution >= 4 is 5.91 Å². The normalized spacial score (nSPS) is 14.8. The number of aryl methyl sites for hydroxylation is 1. The molecular weight excluding hydrogens is 164 g/mol. The number of rotatable bonds is 1. The van der Waals surface area contributed by atoms with Crippen LogP contribution in [0.2, 0.25) is 0 Å². The van der Waals surface area contributed by atoms with Crippen molar-refractivity contribution in [1.82, 2.24) is 9.47 Å². The van der Waals surface area contributed by atoms with E-state index in [2.05, 4.69) is 4.57 Å². The minimum absolute atomic E-state index is 0.182. The summed E-state index contributed by atoms with van der Waals surface area (Å²) >= 11 is 0. The summed E-state index contributed by atoms with van der Waals surface area (Å²) in [5.41, 5.74) is 3.06. The monoisotopic (exact) mass is 178 g/mol. The molecule has 0 radical (unpaired) electrons. The lowest BCUT2D eigenvalue weighted by Crippen LogP contribution is -2.11. The van der Waals surface area contributed by atoms with Crippen LogP contribution in [-0.4, -0.2) is 28.5 Å². The Hall–Kier alpha value is -1.25. The number of hydrogen-bond acceptors (Lipinski definition) is 1. The first-order valence-corrected chi connectivity index (χ1v) is 4.53. The predicted molar refractivity (Wildman–Crippen MR) is 50.8 cm³/mol. The molecule has 2 heterocycles. The van der Waals surface area contributed by atoms with Crippen LogP contribution in [0.3, 0.4) is 0 Å². The van der Waals surface area contributed by atoms with E-state index in [-0.39, 0.29) is 5.91 Å². The second-order valence-electron chi connectivity index (χ2n) is 3.64.